The Bertz CT molecular complexity index is 728. The lowest BCUT2D eigenvalue weighted by Crippen LogP contribution is -2.25. The Morgan fingerprint density at radius 1 is 1.08 bits per heavy atom. The quantitative estimate of drug-likeness (QED) is 0.622. The summed E-state index contributed by atoms with van der Waals surface area (Å²) in [4.78, 5) is 22.1. The van der Waals surface area contributed by atoms with Crippen LogP contribution in [0.5, 0.6) is 11.5 Å². The number of carbonyl (C=O) groups is 1. The van der Waals surface area contributed by atoms with Crippen LogP contribution in [0.15, 0.2) is 42.5 Å². The summed E-state index contributed by atoms with van der Waals surface area (Å²) in [7, 11) is 3.14. The zero-order valence-corrected chi connectivity index (χ0v) is 13.4. The molecule has 7 heteroatoms. The van der Waals surface area contributed by atoms with Crippen LogP contribution in [0, 0.1) is 10.1 Å². The average molecular weight is 330 g/mol. The van der Waals surface area contributed by atoms with Crippen molar-refractivity contribution in [3.8, 4) is 11.5 Å². The average Bonchev–Trinajstić information content (AvgIpc) is 2.61. The van der Waals surface area contributed by atoms with E-state index in [1.807, 2.05) is 18.2 Å². The van der Waals surface area contributed by atoms with E-state index in [4.69, 9.17) is 9.47 Å². The van der Waals surface area contributed by atoms with Crippen LogP contribution in [0.2, 0.25) is 0 Å². The summed E-state index contributed by atoms with van der Waals surface area (Å²) in [6, 6.07) is 11.1. The topological polar surface area (TPSA) is 90.7 Å². The number of nitrogens with zero attached hydrogens (tertiary/aromatic N) is 1. The van der Waals surface area contributed by atoms with E-state index < -0.39 is 4.92 Å². The highest BCUT2D eigenvalue weighted by Crippen LogP contribution is 2.27. The lowest BCUT2D eigenvalue weighted by Gasteiger charge is -2.10. The minimum Gasteiger partial charge on any atom is -0.493 e. The van der Waals surface area contributed by atoms with Gasteiger partial charge < -0.3 is 14.8 Å². The number of hydrogen-bond acceptors (Lipinski definition) is 5. The van der Waals surface area contributed by atoms with Gasteiger partial charge in [-0.2, -0.15) is 0 Å². The number of carbonyl (C=O) groups excluding carboxylic acids is 1. The molecule has 2 rings (SSSR count). The number of non-ortho nitro benzene ring substituents is 1. The molecule has 7 nitrogen and oxygen atoms in total. The summed E-state index contributed by atoms with van der Waals surface area (Å²) < 4.78 is 10.4. The zero-order valence-electron chi connectivity index (χ0n) is 13.4. The highest BCUT2D eigenvalue weighted by molar-refractivity contribution is 5.94. The number of ether oxygens (including phenoxy) is 2. The van der Waals surface area contributed by atoms with Crippen LogP contribution in [-0.2, 0) is 6.42 Å². The second-order valence-corrected chi connectivity index (χ2v) is 5.00. The van der Waals surface area contributed by atoms with Gasteiger partial charge in [0.2, 0.25) is 0 Å². The molecule has 0 radical (unpaired) electrons. The molecule has 1 amide bonds. The zero-order chi connectivity index (χ0) is 17.5. The van der Waals surface area contributed by atoms with Crippen LogP contribution in [0.3, 0.4) is 0 Å². The molecule has 0 spiro atoms. The molecule has 0 atom stereocenters. The Kier molecular flexibility index (Phi) is 5.73. The van der Waals surface area contributed by atoms with Gasteiger partial charge in [-0.05, 0) is 36.2 Å². The first-order chi connectivity index (χ1) is 11.5. The maximum absolute atomic E-state index is 12.0. The molecule has 1 N–H and O–H groups in total. The van der Waals surface area contributed by atoms with Gasteiger partial charge in [0, 0.05) is 24.2 Å². The molecule has 126 valence electrons. The Morgan fingerprint density at radius 3 is 2.33 bits per heavy atom. The van der Waals surface area contributed by atoms with Crippen molar-refractivity contribution in [3.63, 3.8) is 0 Å². The van der Waals surface area contributed by atoms with E-state index in [2.05, 4.69) is 5.32 Å². The molecule has 0 saturated heterocycles. The van der Waals surface area contributed by atoms with E-state index in [0.29, 0.717) is 30.0 Å². The Morgan fingerprint density at radius 2 is 1.75 bits per heavy atom. The van der Waals surface area contributed by atoms with Gasteiger partial charge in [-0.1, -0.05) is 6.07 Å². The number of methoxy groups -OCH3 is 2. The molecule has 0 unspecified atom stereocenters. The molecule has 0 aliphatic rings. The number of benzene rings is 2. The molecule has 0 heterocycles. The van der Waals surface area contributed by atoms with Gasteiger partial charge in [0.25, 0.3) is 11.6 Å². The van der Waals surface area contributed by atoms with E-state index in [0.717, 1.165) is 5.56 Å². The summed E-state index contributed by atoms with van der Waals surface area (Å²) >= 11 is 0. The Labute approximate surface area is 139 Å². The predicted molar refractivity (Wildman–Crippen MR) is 88.7 cm³/mol. The highest BCUT2D eigenvalue weighted by atomic mass is 16.6. The standard InChI is InChI=1S/C17H18N2O5/c1-23-15-8-3-12(11-16(15)24-2)9-10-18-17(20)13-4-6-14(7-5-13)19(21)22/h3-8,11H,9-10H2,1-2H3,(H,18,20). The summed E-state index contributed by atoms with van der Waals surface area (Å²) in [6.45, 7) is 0.436. The minimum atomic E-state index is -0.501. The number of amides is 1. The Hall–Kier alpha value is -3.09. The molecule has 24 heavy (non-hydrogen) atoms. The van der Waals surface area contributed by atoms with Crippen molar-refractivity contribution >= 4 is 11.6 Å². The Balaban J connectivity index is 1.91. The van der Waals surface area contributed by atoms with Gasteiger partial charge in [-0.15, -0.1) is 0 Å². The molecule has 0 aliphatic heterocycles. The third-order valence-electron chi connectivity index (χ3n) is 3.49. The van der Waals surface area contributed by atoms with Crippen LogP contribution < -0.4 is 14.8 Å². The predicted octanol–water partition coefficient (Wildman–Crippen LogP) is 2.58. The van der Waals surface area contributed by atoms with Crippen molar-refractivity contribution < 1.29 is 19.2 Å². The van der Waals surface area contributed by atoms with Gasteiger partial charge in [-0.25, -0.2) is 0 Å². The van der Waals surface area contributed by atoms with Crippen molar-refractivity contribution in [1.29, 1.82) is 0 Å². The van der Waals surface area contributed by atoms with E-state index in [-0.39, 0.29) is 11.6 Å². The van der Waals surface area contributed by atoms with Crippen molar-refractivity contribution in [2.45, 2.75) is 6.42 Å². The molecule has 0 fully saturated rings. The fourth-order valence-electron chi connectivity index (χ4n) is 2.19. The number of nitro groups is 1. The van der Waals surface area contributed by atoms with Gasteiger partial charge >= 0.3 is 0 Å². The molecule has 2 aromatic rings. The number of nitro benzene ring substituents is 1. The smallest absolute Gasteiger partial charge is 0.269 e. The highest BCUT2D eigenvalue weighted by Gasteiger charge is 2.09. The molecular weight excluding hydrogens is 312 g/mol. The third-order valence-corrected chi connectivity index (χ3v) is 3.49. The van der Waals surface area contributed by atoms with Gasteiger partial charge in [0.05, 0.1) is 19.1 Å². The van der Waals surface area contributed by atoms with E-state index in [9.17, 15) is 14.9 Å². The molecule has 2 aromatic carbocycles. The van der Waals surface area contributed by atoms with Crippen molar-refractivity contribution in [3.05, 3.63) is 63.7 Å². The normalized spacial score (nSPS) is 10.1. The number of hydrogen-bond donors (Lipinski definition) is 1. The lowest BCUT2D eigenvalue weighted by molar-refractivity contribution is -0.384. The third kappa shape index (κ3) is 4.22. The van der Waals surface area contributed by atoms with Crippen molar-refractivity contribution in [2.24, 2.45) is 0 Å². The van der Waals surface area contributed by atoms with Crippen LogP contribution in [-0.4, -0.2) is 31.6 Å². The summed E-state index contributed by atoms with van der Waals surface area (Å²) in [5.74, 6) is 1.01. The SMILES string of the molecule is COc1ccc(CCNC(=O)c2ccc([N+](=O)[O-])cc2)cc1OC. The van der Waals surface area contributed by atoms with E-state index in [1.54, 1.807) is 14.2 Å². The maximum Gasteiger partial charge on any atom is 0.269 e. The molecule has 0 aromatic heterocycles. The molecule has 0 aliphatic carbocycles. The van der Waals surface area contributed by atoms with Gasteiger partial charge in [0.1, 0.15) is 0 Å². The first kappa shape index (κ1) is 17.3. The fourth-order valence-corrected chi connectivity index (χ4v) is 2.19. The summed E-state index contributed by atoms with van der Waals surface area (Å²) in [5, 5.41) is 13.4. The van der Waals surface area contributed by atoms with E-state index >= 15 is 0 Å². The van der Waals surface area contributed by atoms with Crippen LogP contribution in [0.4, 0.5) is 5.69 Å². The van der Waals surface area contributed by atoms with Crippen LogP contribution >= 0.6 is 0 Å². The minimum absolute atomic E-state index is 0.0446. The number of nitrogens with one attached hydrogen (secondary N) is 1. The van der Waals surface area contributed by atoms with Gasteiger partial charge in [0.15, 0.2) is 11.5 Å². The molecule has 0 bridgehead atoms. The van der Waals surface area contributed by atoms with Crippen molar-refractivity contribution in [2.75, 3.05) is 20.8 Å². The summed E-state index contributed by atoms with van der Waals surface area (Å²) in [5.41, 5.74) is 1.33. The van der Waals surface area contributed by atoms with Crippen LogP contribution in [0.25, 0.3) is 0 Å². The number of rotatable bonds is 7. The molecular formula is C17H18N2O5. The first-order valence-corrected chi connectivity index (χ1v) is 7.28. The monoisotopic (exact) mass is 330 g/mol. The van der Waals surface area contributed by atoms with Crippen LogP contribution in [0.1, 0.15) is 15.9 Å². The van der Waals surface area contributed by atoms with Gasteiger partial charge in [-0.3, -0.25) is 14.9 Å². The first-order valence-electron chi connectivity index (χ1n) is 7.28. The largest absolute Gasteiger partial charge is 0.493 e. The van der Waals surface area contributed by atoms with E-state index in [1.165, 1.54) is 24.3 Å². The lowest BCUT2D eigenvalue weighted by atomic mass is 10.1. The molecule has 0 saturated carbocycles. The summed E-state index contributed by atoms with van der Waals surface area (Å²) in [6.07, 6.45) is 0.624. The maximum atomic E-state index is 12.0. The van der Waals surface area contributed by atoms with Crippen molar-refractivity contribution in [1.82, 2.24) is 5.32 Å². The fraction of sp³-hybridized carbons (Fsp3) is 0.235. The second kappa shape index (κ2) is 7.96. The second-order valence-electron chi connectivity index (χ2n) is 5.00.